The maximum absolute atomic E-state index is 12.6. The largest absolute Gasteiger partial charge is 0.431 e. The maximum atomic E-state index is 12.6. The third-order valence-corrected chi connectivity index (χ3v) is 7.32. The third kappa shape index (κ3) is 4.63. The fourth-order valence-corrected chi connectivity index (χ4v) is 4.40. The number of nitrogens with zero attached hydrogens (tertiary/aromatic N) is 3. The molecular weight excluding hydrogens is 410 g/mol. The van der Waals surface area contributed by atoms with E-state index in [1.54, 1.807) is 18.0 Å². The number of hydrogen-bond acceptors (Lipinski definition) is 6. The summed E-state index contributed by atoms with van der Waals surface area (Å²) in [5, 5.41) is 0.327. The molecule has 29 heavy (non-hydrogen) atoms. The maximum Gasteiger partial charge on any atom is 0.257 e. The Morgan fingerprint density at radius 1 is 1.14 bits per heavy atom. The van der Waals surface area contributed by atoms with E-state index < -0.39 is 10.0 Å². The van der Waals surface area contributed by atoms with Crippen molar-refractivity contribution in [3.05, 3.63) is 54.1 Å². The van der Waals surface area contributed by atoms with E-state index in [1.807, 2.05) is 37.3 Å². The lowest BCUT2D eigenvalue weighted by molar-refractivity contribution is -0.128. The van der Waals surface area contributed by atoms with Crippen LogP contribution in [0.2, 0.25) is 0 Å². The Morgan fingerprint density at radius 3 is 2.48 bits per heavy atom. The van der Waals surface area contributed by atoms with Gasteiger partial charge in [0.1, 0.15) is 5.52 Å². The highest BCUT2D eigenvalue weighted by Crippen LogP contribution is 2.27. The molecule has 0 bridgehead atoms. The minimum absolute atomic E-state index is 0.0493. The van der Waals surface area contributed by atoms with E-state index in [9.17, 15) is 13.2 Å². The van der Waals surface area contributed by atoms with Crippen molar-refractivity contribution >= 4 is 38.8 Å². The zero-order valence-corrected chi connectivity index (χ0v) is 18.3. The van der Waals surface area contributed by atoms with Crippen molar-refractivity contribution in [3.63, 3.8) is 0 Å². The number of aromatic nitrogens is 1. The highest BCUT2D eigenvalue weighted by Gasteiger charge is 2.21. The minimum atomic E-state index is -3.55. The minimum Gasteiger partial charge on any atom is -0.431 e. The SMILES string of the molecule is CC(c1ccccc1)N(C)C(=O)CSc1nc2cc(S(=O)(=O)N(C)C)ccc2o1. The molecular formula is C20H23N3O4S2. The number of amides is 1. The Balaban J connectivity index is 1.70. The molecule has 3 aromatic rings. The van der Waals surface area contributed by atoms with Gasteiger partial charge in [-0.3, -0.25) is 4.79 Å². The van der Waals surface area contributed by atoms with Crippen LogP contribution in [0.1, 0.15) is 18.5 Å². The predicted octanol–water partition coefficient (Wildman–Crippen LogP) is 3.39. The molecule has 0 aliphatic heterocycles. The van der Waals surface area contributed by atoms with Gasteiger partial charge in [0.05, 0.1) is 16.7 Å². The van der Waals surface area contributed by atoms with Gasteiger partial charge in [-0.2, -0.15) is 0 Å². The summed E-state index contributed by atoms with van der Waals surface area (Å²) < 4.78 is 31.3. The molecule has 0 spiro atoms. The Kier molecular flexibility index (Phi) is 6.30. The van der Waals surface area contributed by atoms with E-state index in [0.717, 1.165) is 9.87 Å². The van der Waals surface area contributed by atoms with Crippen molar-refractivity contribution < 1.29 is 17.6 Å². The van der Waals surface area contributed by atoms with Crippen LogP contribution in [0.4, 0.5) is 0 Å². The second-order valence-electron chi connectivity index (χ2n) is 6.78. The van der Waals surface area contributed by atoms with E-state index >= 15 is 0 Å². The van der Waals surface area contributed by atoms with Crippen molar-refractivity contribution in [2.24, 2.45) is 0 Å². The van der Waals surface area contributed by atoms with E-state index in [4.69, 9.17) is 4.42 Å². The lowest BCUT2D eigenvalue weighted by Gasteiger charge is -2.25. The van der Waals surface area contributed by atoms with E-state index in [-0.39, 0.29) is 22.6 Å². The first kappa shape index (κ1) is 21.4. The molecule has 0 radical (unpaired) electrons. The molecule has 1 atom stereocenters. The van der Waals surface area contributed by atoms with Crippen LogP contribution >= 0.6 is 11.8 Å². The highest BCUT2D eigenvalue weighted by atomic mass is 32.2. The number of benzene rings is 2. The monoisotopic (exact) mass is 433 g/mol. The Bertz CT molecular complexity index is 1110. The molecule has 0 fully saturated rings. The Labute approximate surface area is 174 Å². The first-order valence-corrected chi connectivity index (χ1v) is 11.4. The van der Waals surface area contributed by atoms with Crippen molar-refractivity contribution in [1.29, 1.82) is 0 Å². The molecule has 1 aromatic heterocycles. The summed E-state index contributed by atoms with van der Waals surface area (Å²) in [4.78, 5) is 18.7. The first-order valence-electron chi connectivity index (χ1n) is 8.96. The van der Waals surface area contributed by atoms with Gasteiger partial charge in [-0.25, -0.2) is 17.7 Å². The van der Waals surface area contributed by atoms with Crippen LogP contribution in [-0.4, -0.2) is 55.4 Å². The quantitative estimate of drug-likeness (QED) is 0.531. The van der Waals surface area contributed by atoms with Crippen molar-refractivity contribution in [2.75, 3.05) is 26.9 Å². The van der Waals surface area contributed by atoms with Gasteiger partial charge in [-0.1, -0.05) is 42.1 Å². The van der Waals surface area contributed by atoms with Gasteiger partial charge in [0, 0.05) is 21.1 Å². The second kappa shape index (κ2) is 8.56. The van der Waals surface area contributed by atoms with Gasteiger partial charge >= 0.3 is 0 Å². The van der Waals surface area contributed by atoms with Crippen LogP contribution in [0.25, 0.3) is 11.1 Å². The average Bonchev–Trinajstić information content (AvgIpc) is 3.13. The molecule has 3 rings (SSSR count). The second-order valence-corrected chi connectivity index (χ2v) is 9.86. The van der Waals surface area contributed by atoms with Crippen LogP contribution in [0.3, 0.4) is 0 Å². The van der Waals surface area contributed by atoms with Gasteiger partial charge in [0.25, 0.3) is 5.22 Å². The van der Waals surface area contributed by atoms with Crippen molar-refractivity contribution in [3.8, 4) is 0 Å². The lowest BCUT2D eigenvalue weighted by Crippen LogP contribution is -2.31. The molecule has 0 saturated carbocycles. The first-order chi connectivity index (χ1) is 13.7. The van der Waals surface area contributed by atoms with E-state index in [1.165, 1.54) is 38.0 Å². The lowest BCUT2D eigenvalue weighted by atomic mass is 10.1. The molecule has 0 aliphatic rings. The fourth-order valence-electron chi connectivity index (χ4n) is 2.72. The number of sulfonamides is 1. The van der Waals surface area contributed by atoms with E-state index in [0.29, 0.717) is 16.3 Å². The number of carbonyl (C=O) groups excluding carboxylic acids is 1. The molecule has 0 N–H and O–H groups in total. The molecule has 0 aliphatic carbocycles. The summed E-state index contributed by atoms with van der Waals surface area (Å²) in [6.45, 7) is 1.98. The standard InChI is InChI=1S/C20H23N3O4S2/c1-14(15-8-6-5-7-9-15)23(4)19(24)13-28-20-21-17-12-16(10-11-18(17)27-20)29(25,26)22(2)3/h5-12,14H,13H2,1-4H3. The third-order valence-electron chi connectivity index (χ3n) is 4.69. The number of carbonyl (C=O) groups is 1. The summed E-state index contributed by atoms with van der Waals surface area (Å²) in [5.41, 5.74) is 1.97. The summed E-state index contributed by atoms with van der Waals surface area (Å²) in [6.07, 6.45) is 0. The van der Waals surface area contributed by atoms with Gasteiger partial charge in [0.2, 0.25) is 15.9 Å². The highest BCUT2D eigenvalue weighted by molar-refractivity contribution is 7.99. The van der Waals surface area contributed by atoms with E-state index in [2.05, 4.69) is 4.98 Å². The van der Waals surface area contributed by atoms with Crippen molar-refractivity contribution in [1.82, 2.24) is 14.2 Å². The number of oxazole rings is 1. The molecule has 0 saturated heterocycles. The van der Waals surface area contributed by atoms with Crippen LogP contribution in [0.5, 0.6) is 0 Å². The smallest absolute Gasteiger partial charge is 0.257 e. The summed E-state index contributed by atoms with van der Waals surface area (Å²) in [6, 6.07) is 14.3. The van der Waals surface area contributed by atoms with Crippen LogP contribution in [-0.2, 0) is 14.8 Å². The van der Waals surface area contributed by atoms with Crippen LogP contribution in [0.15, 0.2) is 63.1 Å². The molecule has 154 valence electrons. The predicted molar refractivity (Wildman–Crippen MR) is 113 cm³/mol. The zero-order chi connectivity index (χ0) is 21.2. The number of thioether (sulfide) groups is 1. The number of rotatable bonds is 7. The molecule has 1 heterocycles. The zero-order valence-electron chi connectivity index (χ0n) is 16.7. The molecule has 9 heteroatoms. The van der Waals surface area contributed by atoms with Gasteiger partial charge in [0.15, 0.2) is 5.58 Å². The number of hydrogen-bond donors (Lipinski definition) is 0. The van der Waals surface area contributed by atoms with Gasteiger partial charge in [-0.05, 0) is 30.7 Å². The summed E-state index contributed by atoms with van der Waals surface area (Å²) in [7, 11) is 1.17. The molecule has 1 unspecified atom stereocenters. The number of fused-ring (bicyclic) bond motifs is 1. The van der Waals surface area contributed by atoms with Crippen LogP contribution < -0.4 is 0 Å². The molecule has 2 aromatic carbocycles. The fraction of sp³-hybridized carbons (Fsp3) is 0.300. The van der Waals surface area contributed by atoms with Crippen LogP contribution in [0, 0.1) is 0 Å². The van der Waals surface area contributed by atoms with Gasteiger partial charge in [-0.15, -0.1) is 0 Å². The Hall–Kier alpha value is -2.36. The van der Waals surface area contributed by atoms with Crippen molar-refractivity contribution in [2.45, 2.75) is 23.1 Å². The molecule has 1 amide bonds. The normalized spacial score (nSPS) is 13.0. The Morgan fingerprint density at radius 2 is 1.83 bits per heavy atom. The summed E-state index contributed by atoms with van der Waals surface area (Å²) >= 11 is 1.19. The van der Waals surface area contributed by atoms with Gasteiger partial charge < -0.3 is 9.32 Å². The topological polar surface area (TPSA) is 83.7 Å². The molecule has 7 nitrogen and oxygen atoms in total. The average molecular weight is 434 g/mol. The summed E-state index contributed by atoms with van der Waals surface area (Å²) in [5.74, 6) is 0.119.